The molecule has 0 fully saturated rings. The number of nitrogens with one attached hydrogen (secondary N) is 1. The molecule has 4 nitrogen and oxygen atoms in total. The summed E-state index contributed by atoms with van der Waals surface area (Å²) >= 11 is 7.50. The quantitative estimate of drug-likeness (QED) is 0.814. The van der Waals surface area contributed by atoms with Crippen molar-refractivity contribution < 1.29 is 14.7 Å². The van der Waals surface area contributed by atoms with Crippen molar-refractivity contribution in [2.24, 2.45) is 0 Å². The zero-order valence-corrected chi connectivity index (χ0v) is 11.6. The van der Waals surface area contributed by atoms with Gasteiger partial charge in [-0.15, -0.1) is 0 Å². The number of carboxylic acid groups (broad SMARTS) is 1. The first kappa shape index (κ1) is 18.4. The van der Waals surface area contributed by atoms with Gasteiger partial charge < -0.3 is 10.4 Å². The van der Waals surface area contributed by atoms with Crippen LogP contribution in [0.15, 0.2) is 18.2 Å². The van der Waals surface area contributed by atoms with Gasteiger partial charge in [0.25, 0.3) is 5.91 Å². The molecule has 0 saturated heterocycles. The molecule has 0 heterocycles. The molecular formula is C12H15ClLiNO3S. The molecule has 2 N–H and O–H groups in total. The third-order valence-corrected chi connectivity index (χ3v) is 3.41. The Kier molecular flexibility index (Phi) is 8.27. The summed E-state index contributed by atoms with van der Waals surface area (Å²) < 4.78 is 0. The van der Waals surface area contributed by atoms with Crippen molar-refractivity contribution in [3.05, 3.63) is 34.3 Å². The van der Waals surface area contributed by atoms with Crippen LogP contribution in [0.4, 0.5) is 0 Å². The van der Waals surface area contributed by atoms with Gasteiger partial charge in [0.2, 0.25) is 0 Å². The Morgan fingerprint density at radius 2 is 2.11 bits per heavy atom. The predicted molar refractivity (Wildman–Crippen MR) is 80.9 cm³/mol. The first-order valence-electron chi connectivity index (χ1n) is 5.29. The van der Waals surface area contributed by atoms with E-state index in [-0.39, 0.29) is 41.1 Å². The fourth-order valence-corrected chi connectivity index (χ4v) is 2.36. The van der Waals surface area contributed by atoms with E-state index in [2.05, 4.69) is 5.32 Å². The van der Waals surface area contributed by atoms with Crippen LogP contribution in [0.1, 0.15) is 27.6 Å². The van der Waals surface area contributed by atoms with Crippen LogP contribution in [0.25, 0.3) is 0 Å². The molecule has 0 aliphatic rings. The van der Waals surface area contributed by atoms with Gasteiger partial charge in [0.05, 0.1) is 16.1 Å². The van der Waals surface area contributed by atoms with Crippen LogP contribution >= 0.6 is 23.4 Å². The summed E-state index contributed by atoms with van der Waals surface area (Å²) in [4.78, 5) is 23.1. The third kappa shape index (κ3) is 5.11. The number of amides is 1. The summed E-state index contributed by atoms with van der Waals surface area (Å²) in [5.74, 6) is -0.877. The average Bonchev–Trinajstić information content (AvgIpc) is 2.28. The molecule has 19 heavy (non-hydrogen) atoms. The normalized spacial score (nSPS) is 11.3. The van der Waals surface area contributed by atoms with Crippen LogP contribution in [0.2, 0.25) is 5.02 Å². The molecule has 0 aliphatic carbocycles. The molecule has 0 unspecified atom stereocenters. The van der Waals surface area contributed by atoms with Crippen LogP contribution in [0.3, 0.4) is 0 Å². The van der Waals surface area contributed by atoms with Gasteiger partial charge in [-0.2, -0.15) is 11.8 Å². The van der Waals surface area contributed by atoms with Crippen molar-refractivity contribution in [3.8, 4) is 0 Å². The van der Waals surface area contributed by atoms with Crippen LogP contribution < -0.4 is 5.32 Å². The summed E-state index contributed by atoms with van der Waals surface area (Å²) in [5, 5.41) is 11.9. The molecule has 0 aliphatic heterocycles. The van der Waals surface area contributed by atoms with Crippen LogP contribution in [-0.2, 0) is 0 Å². The molecule has 0 radical (unpaired) electrons. The molecule has 1 amide bonds. The molecule has 0 saturated carbocycles. The second-order valence-corrected chi connectivity index (χ2v) is 5.12. The summed E-state index contributed by atoms with van der Waals surface area (Å²) in [6.45, 7) is 1.85. The van der Waals surface area contributed by atoms with Crippen LogP contribution in [0.5, 0.6) is 0 Å². The number of aromatic carboxylic acids is 1. The second kappa shape index (κ2) is 8.54. The predicted octanol–water partition coefficient (Wildman–Crippen LogP) is 1.87. The van der Waals surface area contributed by atoms with Gasteiger partial charge in [-0.05, 0) is 25.3 Å². The van der Waals surface area contributed by atoms with Gasteiger partial charge in [-0.25, -0.2) is 4.79 Å². The first-order chi connectivity index (χ1) is 8.47. The number of hydrogen-bond acceptors (Lipinski definition) is 3. The van der Waals surface area contributed by atoms with Crippen molar-refractivity contribution in [1.82, 2.24) is 5.32 Å². The third-order valence-electron chi connectivity index (χ3n) is 2.27. The molecule has 7 heteroatoms. The van der Waals surface area contributed by atoms with Gasteiger partial charge in [0.15, 0.2) is 0 Å². The Morgan fingerprint density at radius 3 is 2.63 bits per heavy atom. The van der Waals surface area contributed by atoms with E-state index in [1.165, 1.54) is 18.2 Å². The van der Waals surface area contributed by atoms with Gasteiger partial charge in [-0.3, -0.25) is 4.79 Å². The standard InChI is InChI=1S/C12H14ClNO3S.Li.H/c1-7(6-18-2)14-11(15)10-8(12(16)17)4-3-5-9(10)13;;/h3-5,7H,6H2,1-2H3,(H,14,15)(H,16,17);;/t7-;;/m0../s1. The van der Waals surface area contributed by atoms with Crippen molar-refractivity contribution in [2.75, 3.05) is 12.0 Å². The molecule has 0 aromatic heterocycles. The maximum atomic E-state index is 12.0. The summed E-state index contributed by atoms with van der Waals surface area (Å²) in [6.07, 6.45) is 1.93. The topological polar surface area (TPSA) is 66.4 Å². The number of hydrogen-bond donors (Lipinski definition) is 2. The Bertz CT molecular complexity index is 470. The summed E-state index contributed by atoms with van der Waals surface area (Å²) in [7, 11) is 0. The molecule has 1 atom stereocenters. The van der Waals surface area contributed by atoms with E-state index in [1.54, 1.807) is 11.8 Å². The molecule has 0 spiro atoms. The van der Waals surface area contributed by atoms with E-state index in [0.29, 0.717) is 0 Å². The zero-order chi connectivity index (χ0) is 13.7. The number of benzene rings is 1. The van der Waals surface area contributed by atoms with E-state index in [0.717, 1.165) is 5.75 Å². The Morgan fingerprint density at radius 1 is 1.47 bits per heavy atom. The second-order valence-electron chi connectivity index (χ2n) is 3.80. The van der Waals surface area contributed by atoms with Crippen molar-refractivity contribution in [3.63, 3.8) is 0 Å². The monoisotopic (exact) mass is 295 g/mol. The minimum absolute atomic E-state index is 0. The molecule has 0 bridgehead atoms. The van der Waals surface area contributed by atoms with E-state index < -0.39 is 11.9 Å². The van der Waals surface area contributed by atoms with Gasteiger partial charge >= 0.3 is 24.8 Å². The Balaban J connectivity index is 0.00000324. The first-order valence-corrected chi connectivity index (χ1v) is 7.06. The average molecular weight is 296 g/mol. The fraction of sp³-hybridized carbons (Fsp3) is 0.333. The molecule has 100 valence electrons. The number of halogens is 1. The molecule has 1 aromatic rings. The van der Waals surface area contributed by atoms with E-state index in [1.807, 2.05) is 13.2 Å². The SMILES string of the molecule is CSC[C@H](C)NC(=O)c1c(Cl)cccc1C(=O)O.[LiH]. The van der Waals surface area contributed by atoms with Gasteiger partial charge in [0.1, 0.15) is 0 Å². The number of carboxylic acids is 1. The van der Waals surface area contributed by atoms with Crippen molar-refractivity contribution >= 4 is 54.1 Å². The van der Waals surface area contributed by atoms with E-state index in [4.69, 9.17) is 16.7 Å². The van der Waals surface area contributed by atoms with Crippen molar-refractivity contribution in [2.45, 2.75) is 13.0 Å². The van der Waals surface area contributed by atoms with Crippen LogP contribution in [0, 0.1) is 0 Å². The number of carbonyl (C=O) groups is 2. The molecule has 1 aromatic carbocycles. The van der Waals surface area contributed by atoms with Gasteiger partial charge in [-0.1, -0.05) is 17.7 Å². The van der Waals surface area contributed by atoms with Gasteiger partial charge in [0, 0.05) is 11.8 Å². The fourth-order valence-electron chi connectivity index (χ4n) is 1.52. The minimum atomic E-state index is -1.17. The summed E-state index contributed by atoms with van der Waals surface area (Å²) in [6, 6.07) is 4.32. The van der Waals surface area contributed by atoms with E-state index >= 15 is 0 Å². The summed E-state index contributed by atoms with van der Waals surface area (Å²) in [5.41, 5.74) is -0.0732. The molecular weight excluding hydrogens is 281 g/mol. The Labute approximate surface area is 133 Å². The van der Waals surface area contributed by atoms with Crippen molar-refractivity contribution in [1.29, 1.82) is 0 Å². The maximum absolute atomic E-state index is 12.0. The number of thioether (sulfide) groups is 1. The van der Waals surface area contributed by atoms with E-state index in [9.17, 15) is 9.59 Å². The number of carbonyl (C=O) groups excluding carboxylic acids is 1. The number of rotatable bonds is 5. The zero-order valence-electron chi connectivity index (χ0n) is 10.1. The Hall–Kier alpha value is -0.603. The molecule has 1 rings (SSSR count). The van der Waals surface area contributed by atoms with Crippen LogP contribution in [-0.4, -0.2) is 53.9 Å².